The van der Waals surface area contributed by atoms with Crippen LogP contribution in [0.25, 0.3) is 11.1 Å². The Labute approximate surface area is 119 Å². The Bertz CT molecular complexity index is 850. The summed E-state index contributed by atoms with van der Waals surface area (Å²) in [6.45, 7) is 0. The summed E-state index contributed by atoms with van der Waals surface area (Å²) in [5.41, 5.74) is -2.91. The van der Waals surface area contributed by atoms with Gasteiger partial charge in [0.2, 0.25) is 5.82 Å². The van der Waals surface area contributed by atoms with Crippen LogP contribution in [0.4, 0.5) is 26.3 Å². The van der Waals surface area contributed by atoms with Crippen molar-refractivity contribution in [1.29, 1.82) is 0 Å². The normalized spacial score (nSPS) is 11.8. The molecule has 3 nitrogen and oxygen atoms in total. The van der Waals surface area contributed by atoms with Crippen molar-refractivity contribution in [1.82, 2.24) is 0 Å². The molecule has 0 bridgehead atoms. The van der Waals surface area contributed by atoms with Crippen molar-refractivity contribution in [3.63, 3.8) is 0 Å². The van der Waals surface area contributed by atoms with E-state index in [1.807, 2.05) is 0 Å². The van der Waals surface area contributed by atoms with Gasteiger partial charge in [0.1, 0.15) is 15.9 Å². The molecule has 118 valence electrons. The van der Waals surface area contributed by atoms with Gasteiger partial charge in [-0.25, -0.2) is 34.8 Å². The van der Waals surface area contributed by atoms with Crippen LogP contribution in [0.15, 0.2) is 23.1 Å². The van der Waals surface area contributed by atoms with E-state index in [-0.39, 0.29) is 0 Å². The molecule has 0 amide bonds. The fraction of sp³-hybridized carbons (Fsp3) is 0. The van der Waals surface area contributed by atoms with Crippen LogP contribution in [0.5, 0.6) is 0 Å². The summed E-state index contributed by atoms with van der Waals surface area (Å²) in [6.07, 6.45) is 0. The van der Waals surface area contributed by atoms with Crippen molar-refractivity contribution in [2.24, 2.45) is 0 Å². The third kappa shape index (κ3) is 2.44. The van der Waals surface area contributed by atoms with E-state index in [1.165, 1.54) is 0 Å². The van der Waals surface area contributed by atoms with Crippen LogP contribution in [0.2, 0.25) is 0 Å². The summed E-state index contributed by atoms with van der Waals surface area (Å²) in [6, 6.07) is 1.79. The second-order valence-corrected chi connectivity index (χ2v) is 5.36. The van der Waals surface area contributed by atoms with Gasteiger partial charge in [0.05, 0.1) is 10.5 Å². The number of halogens is 6. The van der Waals surface area contributed by atoms with Crippen molar-refractivity contribution in [2.45, 2.75) is 4.90 Å². The first kappa shape index (κ1) is 16.3. The van der Waals surface area contributed by atoms with Gasteiger partial charge < -0.3 is 4.55 Å². The lowest BCUT2D eigenvalue weighted by atomic mass is 10.0. The van der Waals surface area contributed by atoms with E-state index < -0.39 is 61.0 Å². The van der Waals surface area contributed by atoms with E-state index in [0.29, 0.717) is 12.1 Å². The highest BCUT2D eigenvalue weighted by Crippen LogP contribution is 2.34. The summed E-state index contributed by atoms with van der Waals surface area (Å²) >= 11 is 0. The fourth-order valence-corrected chi connectivity index (χ4v) is 2.31. The number of rotatable bonds is 2. The van der Waals surface area contributed by atoms with Crippen LogP contribution in [-0.4, -0.2) is 13.0 Å². The molecule has 0 spiro atoms. The lowest BCUT2D eigenvalue weighted by Crippen LogP contribution is -2.07. The van der Waals surface area contributed by atoms with E-state index in [1.54, 1.807) is 0 Å². The summed E-state index contributed by atoms with van der Waals surface area (Å²) < 4.78 is 113. The number of hydrogen-bond donors (Lipinski definition) is 0. The van der Waals surface area contributed by atoms with Gasteiger partial charge in [-0.2, -0.15) is 0 Å². The molecule has 22 heavy (non-hydrogen) atoms. The van der Waals surface area contributed by atoms with Gasteiger partial charge in [0.15, 0.2) is 23.3 Å². The van der Waals surface area contributed by atoms with Crippen LogP contribution in [0.3, 0.4) is 0 Å². The Morgan fingerprint density at radius 1 is 0.727 bits per heavy atom. The van der Waals surface area contributed by atoms with Crippen molar-refractivity contribution in [2.75, 3.05) is 0 Å². The molecule has 0 atom stereocenters. The zero-order valence-electron chi connectivity index (χ0n) is 10.1. The molecule has 0 aliphatic rings. The molecule has 10 heteroatoms. The molecule has 2 aromatic carbocycles. The zero-order valence-corrected chi connectivity index (χ0v) is 10.9. The van der Waals surface area contributed by atoms with Crippen LogP contribution >= 0.6 is 0 Å². The van der Waals surface area contributed by atoms with Gasteiger partial charge in [-0.15, -0.1) is 0 Å². The molecule has 0 saturated heterocycles. The van der Waals surface area contributed by atoms with E-state index in [9.17, 15) is 39.3 Å². The smallest absolute Gasteiger partial charge is 0.200 e. The molecule has 2 aromatic rings. The van der Waals surface area contributed by atoms with Crippen LogP contribution in [0, 0.1) is 34.9 Å². The Balaban J connectivity index is 2.91. The molecule has 2 rings (SSSR count). The maximum atomic E-state index is 13.9. The molecule has 0 aliphatic carbocycles. The molecule has 0 aliphatic heterocycles. The SMILES string of the molecule is O=S(=O)([O-])c1cccc(-c2c(F)c(F)c(F)c(F)c2F)c1F. The summed E-state index contributed by atoms with van der Waals surface area (Å²) in [5.74, 6) is -13.7. The molecular formula is C12H3F6O3S-. The minimum Gasteiger partial charge on any atom is -0.744 e. The average Bonchev–Trinajstić information content (AvgIpc) is 2.43. The van der Waals surface area contributed by atoms with Gasteiger partial charge in [-0.3, -0.25) is 0 Å². The standard InChI is InChI=1S/C12H4F6O3S/c13-7-4(2-1-3-5(7)22(19,20)21)6-8(14)10(16)12(18)11(17)9(6)15/h1-3H,(H,19,20,21)/p-1. The first-order valence-electron chi connectivity index (χ1n) is 5.33. The Kier molecular flexibility index (Phi) is 3.92. The van der Waals surface area contributed by atoms with Crippen LogP contribution in [0.1, 0.15) is 0 Å². The Morgan fingerprint density at radius 3 is 1.64 bits per heavy atom. The maximum absolute atomic E-state index is 13.9. The molecule has 0 aromatic heterocycles. The van der Waals surface area contributed by atoms with Gasteiger partial charge in [-0.1, -0.05) is 12.1 Å². The molecule has 0 N–H and O–H groups in total. The summed E-state index contributed by atoms with van der Waals surface area (Å²) in [7, 11) is -5.35. The third-order valence-corrected chi connectivity index (χ3v) is 3.57. The highest BCUT2D eigenvalue weighted by molar-refractivity contribution is 7.85. The molecule has 0 fully saturated rings. The molecule has 0 saturated carbocycles. The minimum atomic E-state index is -5.35. The Hall–Kier alpha value is -2.07. The van der Waals surface area contributed by atoms with Gasteiger partial charge in [-0.05, 0) is 6.07 Å². The number of hydrogen-bond acceptors (Lipinski definition) is 3. The maximum Gasteiger partial charge on any atom is 0.200 e. The van der Waals surface area contributed by atoms with E-state index >= 15 is 0 Å². The molecule has 0 radical (unpaired) electrons. The van der Waals surface area contributed by atoms with Crippen molar-refractivity contribution in [3.05, 3.63) is 53.1 Å². The van der Waals surface area contributed by atoms with Crippen molar-refractivity contribution in [3.8, 4) is 11.1 Å². The largest absolute Gasteiger partial charge is 0.744 e. The average molecular weight is 341 g/mol. The predicted octanol–water partition coefficient (Wildman–Crippen LogP) is 3.09. The topological polar surface area (TPSA) is 57.2 Å². The Morgan fingerprint density at radius 2 is 1.18 bits per heavy atom. The van der Waals surface area contributed by atoms with Crippen LogP contribution in [-0.2, 0) is 10.1 Å². The highest BCUT2D eigenvalue weighted by atomic mass is 32.2. The first-order chi connectivity index (χ1) is 10.1. The monoisotopic (exact) mass is 341 g/mol. The molecular weight excluding hydrogens is 338 g/mol. The van der Waals surface area contributed by atoms with Crippen molar-refractivity contribution < 1.29 is 39.3 Å². The van der Waals surface area contributed by atoms with Gasteiger partial charge >= 0.3 is 0 Å². The van der Waals surface area contributed by atoms with E-state index in [0.717, 1.165) is 6.07 Å². The molecule has 0 heterocycles. The molecule has 0 unspecified atom stereocenters. The van der Waals surface area contributed by atoms with Crippen molar-refractivity contribution >= 4 is 10.1 Å². The first-order valence-corrected chi connectivity index (χ1v) is 6.74. The number of benzene rings is 2. The highest BCUT2D eigenvalue weighted by Gasteiger charge is 2.29. The van der Waals surface area contributed by atoms with Gasteiger partial charge in [0, 0.05) is 5.56 Å². The minimum absolute atomic E-state index is 0.493. The van der Waals surface area contributed by atoms with E-state index in [4.69, 9.17) is 0 Å². The van der Waals surface area contributed by atoms with E-state index in [2.05, 4.69) is 0 Å². The second-order valence-electron chi connectivity index (χ2n) is 4.02. The summed E-state index contributed by atoms with van der Waals surface area (Å²) in [5, 5.41) is 0. The lowest BCUT2D eigenvalue weighted by Gasteiger charge is -2.13. The van der Waals surface area contributed by atoms with Gasteiger partial charge in [0.25, 0.3) is 0 Å². The quantitative estimate of drug-likeness (QED) is 0.365. The second kappa shape index (κ2) is 5.29. The fourth-order valence-electron chi connectivity index (χ4n) is 1.74. The third-order valence-electron chi connectivity index (χ3n) is 2.71. The van der Waals surface area contributed by atoms with Crippen LogP contribution < -0.4 is 0 Å². The summed E-state index contributed by atoms with van der Waals surface area (Å²) in [4.78, 5) is -1.48. The lowest BCUT2D eigenvalue weighted by molar-refractivity contribution is 0.380. The zero-order chi connectivity index (χ0) is 16.8. The predicted molar refractivity (Wildman–Crippen MR) is 59.6 cm³/mol.